The Morgan fingerprint density at radius 2 is 1.86 bits per heavy atom. The highest BCUT2D eigenvalue weighted by atomic mass is 16.5. The molecular formula is C25H23N5O6. The Balaban J connectivity index is 1.47. The molecule has 2 aromatic heterocycles. The standard InChI is InChI=1S/C25H23N5O6/c1-2-29(22-23(26)30(25(34)28-24(22)33)14-16-8-4-3-5-9-16)20(31)15-35-21(32)13-12-19-27-17-10-6-7-11-18(17)36-19/h3-13H,2,14-15,26H2,1H3,(H,28,33,34)/b13-12+. The molecule has 0 saturated carbocycles. The van der Waals surface area contributed by atoms with Crippen LogP contribution in [0.25, 0.3) is 17.2 Å². The molecule has 11 nitrogen and oxygen atoms in total. The van der Waals surface area contributed by atoms with Crippen LogP contribution in [0.5, 0.6) is 0 Å². The number of carbonyl (C=O) groups is 2. The molecule has 0 aliphatic carbocycles. The Kier molecular flexibility index (Phi) is 7.10. The number of aromatic amines is 1. The number of aromatic nitrogens is 3. The van der Waals surface area contributed by atoms with E-state index in [2.05, 4.69) is 9.97 Å². The van der Waals surface area contributed by atoms with Gasteiger partial charge in [-0.25, -0.2) is 14.6 Å². The van der Waals surface area contributed by atoms with Crippen LogP contribution in [0.15, 0.2) is 74.7 Å². The number of amides is 1. The number of H-pyrrole nitrogens is 1. The number of nitrogen functional groups attached to an aromatic ring is 1. The predicted molar refractivity (Wildman–Crippen MR) is 133 cm³/mol. The Morgan fingerprint density at radius 3 is 2.58 bits per heavy atom. The van der Waals surface area contributed by atoms with Gasteiger partial charge in [0, 0.05) is 18.7 Å². The number of oxazole rings is 1. The summed E-state index contributed by atoms with van der Waals surface area (Å²) in [7, 11) is 0. The van der Waals surface area contributed by atoms with Crippen LogP contribution in [0, 0.1) is 0 Å². The summed E-state index contributed by atoms with van der Waals surface area (Å²) in [6.07, 6.45) is 2.40. The highest BCUT2D eigenvalue weighted by molar-refractivity contribution is 5.98. The van der Waals surface area contributed by atoms with E-state index in [1.807, 2.05) is 12.1 Å². The van der Waals surface area contributed by atoms with E-state index < -0.39 is 29.7 Å². The zero-order chi connectivity index (χ0) is 25.7. The van der Waals surface area contributed by atoms with Crippen LogP contribution in [-0.4, -0.2) is 39.6 Å². The number of nitrogens with two attached hydrogens (primary N) is 1. The molecule has 4 aromatic rings. The van der Waals surface area contributed by atoms with Gasteiger partial charge in [0.15, 0.2) is 17.9 Å². The van der Waals surface area contributed by atoms with Crippen molar-refractivity contribution in [2.75, 3.05) is 23.8 Å². The number of carbonyl (C=O) groups excluding carboxylic acids is 2. The third kappa shape index (κ3) is 5.25. The van der Waals surface area contributed by atoms with E-state index in [1.165, 1.54) is 6.08 Å². The Bertz CT molecular complexity index is 1520. The number of hydrogen-bond acceptors (Lipinski definition) is 8. The summed E-state index contributed by atoms with van der Waals surface area (Å²) in [4.78, 5) is 57.4. The van der Waals surface area contributed by atoms with E-state index in [0.29, 0.717) is 11.1 Å². The first-order chi connectivity index (χ1) is 17.4. The molecule has 36 heavy (non-hydrogen) atoms. The number of hydrogen-bond donors (Lipinski definition) is 2. The van der Waals surface area contributed by atoms with Crippen LogP contribution in [0.4, 0.5) is 11.5 Å². The molecule has 0 saturated heterocycles. The number of anilines is 2. The number of benzene rings is 2. The van der Waals surface area contributed by atoms with E-state index in [1.54, 1.807) is 49.4 Å². The van der Waals surface area contributed by atoms with E-state index >= 15 is 0 Å². The summed E-state index contributed by atoms with van der Waals surface area (Å²) in [5.41, 5.74) is 6.41. The zero-order valence-corrected chi connectivity index (χ0v) is 19.3. The molecule has 4 rings (SSSR count). The lowest BCUT2D eigenvalue weighted by atomic mass is 10.2. The summed E-state index contributed by atoms with van der Waals surface area (Å²) in [5.74, 6) is -1.47. The molecule has 0 bridgehead atoms. The second-order valence-electron chi connectivity index (χ2n) is 7.66. The molecule has 0 radical (unpaired) electrons. The third-order valence-electron chi connectivity index (χ3n) is 5.30. The maximum absolute atomic E-state index is 12.8. The number of ether oxygens (including phenoxy) is 1. The van der Waals surface area contributed by atoms with Crippen LogP contribution in [-0.2, 0) is 20.9 Å². The zero-order valence-electron chi connectivity index (χ0n) is 19.3. The van der Waals surface area contributed by atoms with E-state index in [-0.39, 0.29) is 30.5 Å². The number of fused-ring (bicyclic) bond motifs is 1. The maximum Gasteiger partial charge on any atom is 0.331 e. The number of likely N-dealkylation sites (N-methyl/N-ethyl adjacent to an activating group) is 1. The van der Waals surface area contributed by atoms with Crippen LogP contribution >= 0.6 is 0 Å². The average Bonchev–Trinajstić information content (AvgIpc) is 3.30. The van der Waals surface area contributed by atoms with Crippen molar-refractivity contribution >= 4 is 40.6 Å². The molecule has 0 unspecified atom stereocenters. The van der Waals surface area contributed by atoms with Crippen molar-refractivity contribution in [2.24, 2.45) is 0 Å². The highest BCUT2D eigenvalue weighted by Gasteiger charge is 2.24. The minimum absolute atomic E-state index is 0.0476. The number of esters is 1. The fraction of sp³-hybridized carbons (Fsp3) is 0.160. The summed E-state index contributed by atoms with van der Waals surface area (Å²) in [6, 6.07) is 16.1. The predicted octanol–water partition coefficient (Wildman–Crippen LogP) is 1.92. The number of rotatable bonds is 8. The number of nitrogens with zero attached hydrogens (tertiary/aromatic N) is 3. The smallest absolute Gasteiger partial charge is 0.331 e. The molecule has 0 atom stereocenters. The van der Waals surface area contributed by atoms with Crippen LogP contribution in [0.3, 0.4) is 0 Å². The summed E-state index contributed by atoms with van der Waals surface area (Å²) >= 11 is 0. The van der Waals surface area contributed by atoms with Crippen molar-refractivity contribution < 1.29 is 18.7 Å². The van der Waals surface area contributed by atoms with Gasteiger partial charge in [0.25, 0.3) is 11.5 Å². The van der Waals surface area contributed by atoms with Gasteiger partial charge < -0.3 is 19.8 Å². The molecule has 0 aliphatic heterocycles. The Hall–Kier alpha value is -4.93. The number of nitrogens with one attached hydrogen (secondary N) is 1. The molecule has 0 spiro atoms. The second-order valence-corrected chi connectivity index (χ2v) is 7.66. The molecule has 1 amide bonds. The van der Waals surface area contributed by atoms with Gasteiger partial charge in [0.1, 0.15) is 11.3 Å². The molecule has 2 heterocycles. The first-order valence-electron chi connectivity index (χ1n) is 11.0. The van der Waals surface area contributed by atoms with Gasteiger partial charge in [0.2, 0.25) is 5.89 Å². The van der Waals surface area contributed by atoms with Crippen molar-refractivity contribution in [3.05, 3.63) is 93.0 Å². The molecule has 3 N–H and O–H groups in total. The van der Waals surface area contributed by atoms with E-state index in [4.69, 9.17) is 14.9 Å². The molecular weight excluding hydrogens is 466 g/mol. The lowest BCUT2D eigenvalue weighted by molar-refractivity contribution is -0.142. The van der Waals surface area contributed by atoms with Crippen molar-refractivity contribution in [1.82, 2.24) is 14.5 Å². The van der Waals surface area contributed by atoms with E-state index in [0.717, 1.165) is 21.1 Å². The molecule has 184 valence electrons. The third-order valence-corrected chi connectivity index (χ3v) is 5.30. The summed E-state index contributed by atoms with van der Waals surface area (Å²) in [5, 5.41) is 0. The maximum atomic E-state index is 12.8. The Morgan fingerprint density at radius 1 is 1.14 bits per heavy atom. The monoisotopic (exact) mass is 489 g/mol. The molecule has 11 heteroatoms. The van der Waals surface area contributed by atoms with Gasteiger partial charge in [-0.05, 0) is 24.6 Å². The molecule has 2 aromatic carbocycles. The van der Waals surface area contributed by atoms with Gasteiger partial charge >= 0.3 is 11.7 Å². The summed E-state index contributed by atoms with van der Waals surface area (Å²) < 4.78 is 11.7. The quantitative estimate of drug-likeness (QED) is 0.281. The number of para-hydroxylation sites is 2. The summed E-state index contributed by atoms with van der Waals surface area (Å²) in [6.45, 7) is 1.11. The second kappa shape index (κ2) is 10.6. The molecule has 0 aliphatic rings. The minimum Gasteiger partial charge on any atom is -0.452 e. The van der Waals surface area contributed by atoms with Crippen molar-refractivity contribution in [2.45, 2.75) is 13.5 Å². The fourth-order valence-corrected chi connectivity index (χ4v) is 3.58. The SMILES string of the molecule is CCN(C(=O)COC(=O)/C=C/c1nc2ccccc2o1)c1c(N)n(Cc2ccccc2)c(=O)[nH]c1=O. The van der Waals surface area contributed by atoms with Gasteiger partial charge in [-0.1, -0.05) is 42.5 Å². The van der Waals surface area contributed by atoms with Gasteiger partial charge in [-0.15, -0.1) is 0 Å². The first kappa shape index (κ1) is 24.2. The van der Waals surface area contributed by atoms with Gasteiger partial charge in [-0.2, -0.15) is 0 Å². The van der Waals surface area contributed by atoms with Crippen molar-refractivity contribution in [3.63, 3.8) is 0 Å². The fourth-order valence-electron chi connectivity index (χ4n) is 3.58. The van der Waals surface area contributed by atoms with Crippen LogP contribution < -0.4 is 21.9 Å². The topological polar surface area (TPSA) is 154 Å². The average molecular weight is 489 g/mol. The van der Waals surface area contributed by atoms with Crippen LogP contribution in [0.2, 0.25) is 0 Å². The lowest BCUT2D eigenvalue weighted by Gasteiger charge is -2.23. The van der Waals surface area contributed by atoms with E-state index in [9.17, 15) is 19.2 Å². The molecule has 0 fully saturated rings. The van der Waals surface area contributed by atoms with Crippen molar-refractivity contribution in [3.8, 4) is 0 Å². The van der Waals surface area contributed by atoms with Gasteiger partial charge in [0.05, 0.1) is 6.54 Å². The van der Waals surface area contributed by atoms with Crippen molar-refractivity contribution in [1.29, 1.82) is 0 Å². The van der Waals surface area contributed by atoms with Crippen LogP contribution in [0.1, 0.15) is 18.4 Å². The first-order valence-corrected chi connectivity index (χ1v) is 11.0. The lowest BCUT2D eigenvalue weighted by Crippen LogP contribution is -2.42. The normalized spacial score (nSPS) is 11.1. The van der Waals surface area contributed by atoms with Gasteiger partial charge in [-0.3, -0.25) is 19.1 Å². The largest absolute Gasteiger partial charge is 0.452 e. The minimum atomic E-state index is -0.820. The Labute approximate surface area is 204 Å². The highest BCUT2D eigenvalue weighted by Crippen LogP contribution is 2.18.